The van der Waals surface area contributed by atoms with Gasteiger partial charge in [-0.1, -0.05) is 6.92 Å². The maximum atomic E-state index is 5.37. The molecule has 7 heteroatoms. The van der Waals surface area contributed by atoms with Gasteiger partial charge in [0.15, 0.2) is 10.2 Å². The molecule has 0 atom stereocenters. The van der Waals surface area contributed by atoms with Crippen LogP contribution in [0, 0.1) is 0 Å². The Kier molecular flexibility index (Phi) is 7.67. The molecule has 0 fully saturated rings. The van der Waals surface area contributed by atoms with Crippen molar-refractivity contribution >= 4 is 40.3 Å². The van der Waals surface area contributed by atoms with Crippen LogP contribution in [0.25, 0.3) is 0 Å². The summed E-state index contributed by atoms with van der Waals surface area (Å²) in [5.41, 5.74) is 6.50. The Labute approximate surface area is 130 Å². The van der Waals surface area contributed by atoms with Crippen molar-refractivity contribution in [2.24, 2.45) is 0 Å². The van der Waals surface area contributed by atoms with Crippen LogP contribution < -0.4 is 26.2 Å². The number of ether oxygens (including phenoxy) is 1. The molecule has 0 aliphatic carbocycles. The first-order chi connectivity index (χ1) is 9.65. The second-order valence-electron chi connectivity index (χ2n) is 3.92. The van der Waals surface area contributed by atoms with E-state index in [1.54, 1.807) is 0 Å². The highest BCUT2D eigenvalue weighted by molar-refractivity contribution is 7.80. The summed E-state index contributed by atoms with van der Waals surface area (Å²) in [6.45, 7) is 5.50. The lowest BCUT2D eigenvalue weighted by Gasteiger charge is -2.14. The van der Waals surface area contributed by atoms with E-state index in [9.17, 15) is 0 Å². The molecule has 0 aliphatic rings. The van der Waals surface area contributed by atoms with Crippen molar-refractivity contribution in [3.63, 3.8) is 0 Å². The van der Waals surface area contributed by atoms with Gasteiger partial charge in [-0.3, -0.25) is 10.9 Å². The van der Waals surface area contributed by atoms with Crippen molar-refractivity contribution in [1.29, 1.82) is 0 Å². The van der Waals surface area contributed by atoms with Crippen molar-refractivity contribution in [3.05, 3.63) is 24.3 Å². The molecule has 20 heavy (non-hydrogen) atoms. The molecule has 110 valence electrons. The van der Waals surface area contributed by atoms with Gasteiger partial charge >= 0.3 is 0 Å². The first kappa shape index (κ1) is 16.5. The summed E-state index contributed by atoms with van der Waals surface area (Å²) in [5.74, 6) is 0.833. The van der Waals surface area contributed by atoms with Crippen molar-refractivity contribution in [3.8, 4) is 5.75 Å². The SMILES string of the molecule is CCCNC(=S)NNC(=S)Nc1ccc(OCC)cc1. The Hall–Kier alpha value is -1.60. The van der Waals surface area contributed by atoms with Crippen LogP contribution in [0.1, 0.15) is 20.3 Å². The fourth-order valence-electron chi connectivity index (χ4n) is 1.36. The summed E-state index contributed by atoms with van der Waals surface area (Å²) in [5, 5.41) is 7.02. The maximum absolute atomic E-state index is 5.37. The second kappa shape index (κ2) is 9.33. The molecule has 0 radical (unpaired) electrons. The van der Waals surface area contributed by atoms with E-state index in [1.807, 2.05) is 31.2 Å². The van der Waals surface area contributed by atoms with Gasteiger partial charge in [-0.25, -0.2) is 0 Å². The summed E-state index contributed by atoms with van der Waals surface area (Å²) in [6, 6.07) is 7.56. The fourth-order valence-corrected chi connectivity index (χ4v) is 1.68. The van der Waals surface area contributed by atoms with E-state index in [-0.39, 0.29) is 0 Å². The van der Waals surface area contributed by atoms with Crippen LogP contribution in [0.2, 0.25) is 0 Å². The average molecular weight is 312 g/mol. The van der Waals surface area contributed by atoms with E-state index in [0.717, 1.165) is 24.4 Å². The van der Waals surface area contributed by atoms with Crippen molar-refractivity contribution in [1.82, 2.24) is 16.2 Å². The molecular formula is C13H20N4OS2. The van der Waals surface area contributed by atoms with Crippen LogP contribution in [0.4, 0.5) is 5.69 Å². The van der Waals surface area contributed by atoms with Gasteiger partial charge in [0.05, 0.1) is 6.61 Å². The number of anilines is 1. The van der Waals surface area contributed by atoms with E-state index < -0.39 is 0 Å². The minimum Gasteiger partial charge on any atom is -0.494 e. The van der Waals surface area contributed by atoms with Crippen LogP contribution in [-0.4, -0.2) is 23.4 Å². The minimum atomic E-state index is 0.440. The van der Waals surface area contributed by atoms with Crippen LogP contribution in [0.3, 0.4) is 0 Å². The molecule has 0 amide bonds. The summed E-state index contributed by atoms with van der Waals surface area (Å²) in [4.78, 5) is 0. The third-order valence-electron chi connectivity index (χ3n) is 2.25. The zero-order valence-corrected chi connectivity index (χ0v) is 13.3. The summed E-state index contributed by atoms with van der Waals surface area (Å²) in [7, 11) is 0. The summed E-state index contributed by atoms with van der Waals surface area (Å²) >= 11 is 10.2. The van der Waals surface area contributed by atoms with Crippen LogP contribution in [0.5, 0.6) is 5.75 Å². The Morgan fingerprint density at radius 2 is 1.70 bits per heavy atom. The molecule has 0 saturated heterocycles. The molecule has 5 nitrogen and oxygen atoms in total. The maximum Gasteiger partial charge on any atom is 0.189 e. The van der Waals surface area contributed by atoms with Gasteiger partial charge in [0.25, 0.3) is 0 Å². The number of thiocarbonyl (C=S) groups is 2. The van der Waals surface area contributed by atoms with Crippen molar-refractivity contribution in [2.75, 3.05) is 18.5 Å². The molecule has 0 spiro atoms. The predicted molar refractivity (Wildman–Crippen MR) is 91.0 cm³/mol. The highest BCUT2D eigenvalue weighted by atomic mass is 32.1. The number of nitrogens with one attached hydrogen (secondary N) is 4. The predicted octanol–water partition coefficient (Wildman–Crippen LogP) is 2.16. The smallest absolute Gasteiger partial charge is 0.189 e. The number of hydrogen-bond donors (Lipinski definition) is 4. The Morgan fingerprint density at radius 3 is 2.30 bits per heavy atom. The molecule has 1 aromatic carbocycles. The van der Waals surface area contributed by atoms with Crippen LogP contribution in [0.15, 0.2) is 24.3 Å². The topological polar surface area (TPSA) is 57.3 Å². The summed E-state index contributed by atoms with van der Waals surface area (Å²) < 4.78 is 5.37. The van der Waals surface area contributed by atoms with E-state index in [2.05, 4.69) is 28.4 Å². The fraction of sp³-hybridized carbons (Fsp3) is 0.385. The van der Waals surface area contributed by atoms with E-state index >= 15 is 0 Å². The largest absolute Gasteiger partial charge is 0.494 e. The molecule has 0 bridgehead atoms. The van der Waals surface area contributed by atoms with Crippen LogP contribution in [-0.2, 0) is 0 Å². The lowest BCUT2D eigenvalue weighted by molar-refractivity contribution is 0.340. The van der Waals surface area contributed by atoms with E-state index in [0.29, 0.717) is 16.8 Å². The number of hydrazine groups is 1. The highest BCUT2D eigenvalue weighted by Crippen LogP contribution is 2.15. The van der Waals surface area contributed by atoms with Gasteiger partial charge in [-0.2, -0.15) is 0 Å². The number of benzene rings is 1. The van der Waals surface area contributed by atoms with Gasteiger partial charge in [0.2, 0.25) is 0 Å². The van der Waals surface area contributed by atoms with Gasteiger partial charge in [0.1, 0.15) is 5.75 Å². The monoisotopic (exact) mass is 312 g/mol. The normalized spacial score (nSPS) is 9.50. The third kappa shape index (κ3) is 6.53. The molecular weight excluding hydrogens is 292 g/mol. The molecule has 0 heterocycles. The molecule has 0 saturated carbocycles. The van der Waals surface area contributed by atoms with Gasteiger partial charge in [-0.15, -0.1) is 0 Å². The zero-order chi connectivity index (χ0) is 14.8. The van der Waals surface area contributed by atoms with Crippen LogP contribution >= 0.6 is 24.4 Å². The number of rotatable bonds is 5. The number of hydrogen-bond acceptors (Lipinski definition) is 3. The first-order valence-electron chi connectivity index (χ1n) is 6.49. The van der Waals surface area contributed by atoms with E-state index in [1.165, 1.54) is 0 Å². The lowest BCUT2D eigenvalue weighted by atomic mass is 10.3. The van der Waals surface area contributed by atoms with Crippen molar-refractivity contribution < 1.29 is 4.74 Å². The Morgan fingerprint density at radius 1 is 1.05 bits per heavy atom. The lowest BCUT2D eigenvalue weighted by Crippen LogP contribution is -2.48. The molecule has 4 N–H and O–H groups in total. The Bertz CT molecular complexity index is 437. The molecule has 0 unspecified atom stereocenters. The van der Waals surface area contributed by atoms with E-state index in [4.69, 9.17) is 29.2 Å². The van der Waals surface area contributed by atoms with Crippen molar-refractivity contribution in [2.45, 2.75) is 20.3 Å². The highest BCUT2D eigenvalue weighted by Gasteiger charge is 1.99. The van der Waals surface area contributed by atoms with Gasteiger partial charge in [-0.05, 0) is 62.0 Å². The second-order valence-corrected chi connectivity index (χ2v) is 4.73. The molecule has 0 aliphatic heterocycles. The standard InChI is InChI=1S/C13H20N4OS2/c1-3-9-14-12(19)16-17-13(20)15-10-5-7-11(8-6-10)18-4-2/h5-8H,3-4,9H2,1-2H3,(H2,14,16,19)(H2,15,17,20). The third-order valence-corrected chi connectivity index (χ3v) is 2.70. The average Bonchev–Trinajstić information content (AvgIpc) is 2.45. The molecule has 1 rings (SSSR count). The molecule has 0 aromatic heterocycles. The quantitative estimate of drug-likeness (QED) is 0.491. The first-order valence-corrected chi connectivity index (χ1v) is 7.31. The van der Waals surface area contributed by atoms with Gasteiger partial charge in [0, 0.05) is 12.2 Å². The summed E-state index contributed by atoms with van der Waals surface area (Å²) in [6.07, 6.45) is 1.01. The van der Waals surface area contributed by atoms with Gasteiger partial charge < -0.3 is 15.4 Å². The minimum absolute atomic E-state index is 0.440. The molecule has 1 aromatic rings. The zero-order valence-electron chi connectivity index (χ0n) is 11.7. The Balaban J connectivity index is 2.32.